The predicted octanol–water partition coefficient (Wildman–Crippen LogP) is 2.15. The normalized spacial score (nSPS) is 25.6. The minimum Gasteiger partial charge on any atom is -0.344 e. The fraction of sp³-hybridized carbons (Fsp3) is 0.737. The molecule has 0 saturated carbocycles. The Morgan fingerprint density at radius 2 is 1.96 bits per heavy atom. The zero-order valence-corrected chi connectivity index (χ0v) is 15.8. The van der Waals surface area contributed by atoms with Gasteiger partial charge in [-0.15, -0.1) is 0 Å². The first kappa shape index (κ1) is 17.5. The van der Waals surface area contributed by atoms with Crippen LogP contribution in [0.15, 0.2) is 0 Å². The summed E-state index contributed by atoms with van der Waals surface area (Å²) >= 11 is 0. The Morgan fingerprint density at radius 3 is 2.69 bits per heavy atom. The van der Waals surface area contributed by atoms with Gasteiger partial charge in [-0.1, -0.05) is 0 Å². The summed E-state index contributed by atoms with van der Waals surface area (Å²) in [5.74, 6) is 0.990. The van der Waals surface area contributed by atoms with Crippen molar-refractivity contribution in [3.63, 3.8) is 0 Å². The smallest absolute Gasteiger partial charge is 0.325 e. The van der Waals surface area contributed by atoms with Gasteiger partial charge in [-0.2, -0.15) is 0 Å². The summed E-state index contributed by atoms with van der Waals surface area (Å²) in [6.45, 7) is 5.92. The van der Waals surface area contributed by atoms with Crippen molar-refractivity contribution in [1.29, 1.82) is 0 Å². The molecule has 2 fully saturated rings. The van der Waals surface area contributed by atoms with E-state index < -0.39 is 5.54 Å². The second-order valence-corrected chi connectivity index (χ2v) is 8.31. The van der Waals surface area contributed by atoms with E-state index in [9.17, 15) is 9.59 Å². The summed E-state index contributed by atoms with van der Waals surface area (Å²) in [6, 6.07) is 0.0804. The summed E-state index contributed by atoms with van der Waals surface area (Å²) in [5.41, 5.74) is 1.82. The Bertz CT molecular complexity index is 687. The van der Waals surface area contributed by atoms with Crippen LogP contribution in [0.3, 0.4) is 0 Å². The van der Waals surface area contributed by atoms with Gasteiger partial charge in [0, 0.05) is 18.8 Å². The lowest BCUT2D eigenvalue weighted by molar-refractivity contribution is -0.130. The molecule has 2 N–H and O–H groups in total. The monoisotopic (exact) mass is 359 g/mol. The number of nitrogens with zero attached hydrogens (tertiary/aromatic N) is 3. The van der Waals surface area contributed by atoms with Gasteiger partial charge in [-0.05, 0) is 65.3 Å². The molecule has 1 aliphatic carbocycles. The van der Waals surface area contributed by atoms with Crippen LogP contribution in [0.2, 0.25) is 0 Å². The molecule has 7 nitrogen and oxygen atoms in total. The molecule has 7 heteroatoms. The molecule has 3 amide bonds. The third-order valence-electron chi connectivity index (χ3n) is 5.92. The zero-order valence-electron chi connectivity index (χ0n) is 15.8. The number of hydrogen-bond acceptors (Lipinski definition) is 4. The van der Waals surface area contributed by atoms with Gasteiger partial charge in [-0.3, -0.25) is 14.6 Å². The van der Waals surface area contributed by atoms with Crippen molar-refractivity contribution in [3.8, 4) is 0 Å². The number of imidazole rings is 1. The molecular formula is C19H29N5O2. The number of aromatic amines is 1. The predicted molar refractivity (Wildman–Crippen MR) is 97.7 cm³/mol. The van der Waals surface area contributed by atoms with Gasteiger partial charge in [0.25, 0.3) is 5.91 Å². The number of imide groups is 1. The summed E-state index contributed by atoms with van der Waals surface area (Å²) in [4.78, 5) is 36.5. The maximum Gasteiger partial charge on any atom is 0.325 e. The van der Waals surface area contributed by atoms with E-state index in [0.29, 0.717) is 12.6 Å². The first-order valence-corrected chi connectivity index (χ1v) is 9.91. The zero-order chi connectivity index (χ0) is 18.3. The molecule has 0 bridgehead atoms. The fourth-order valence-electron chi connectivity index (χ4n) is 4.49. The van der Waals surface area contributed by atoms with Crippen molar-refractivity contribution in [2.24, 2.45) is 0 Å². The molecule has 1 atom stereocenters. The van der Waals surface area contributed by atoms with Crippen LogP contribution >= 0.6 is 0 Å². The Balaban J connectivity index is 1.35. The summed E-state index contributed by atoms with van der Waals surface area (Å²) < 4.78 is 0. The highest BCUT2D eigenvalue weighted by Gasteiger charge is 2.43. The van der Waals surface area contributed by atoms with E-state index in [1.165, 1.54) is 35.6 Å². The average Bonchev–Trinajstić information content (AvgIpc) is 3.27. The lowest BCUT2D eigenvalue weighted by Gasteiger charge is -2.24. The van der Waals surface area contributed by atoms with Crippen LogP contribution in [-0.2, 0) is 17.6 Å². The Kier molecular flexibility index (Phi) is 4.50. The van der Waals surface area contributed by atoms with Crippen LogP contribution < -0.4 is 5.32 Å². The molecule has 3 aliphatic rings. The number of aryl methyl sites for hydroxylation is 2. The molecule has 0 radical (unpaired) electrons. The number of nitrogens with one attached hydrogen (secondary N) is 2. The highest BCUT2D eigenvalue weighted by atomic mass is 16.2. The number of H-pyrrole nitrogens is 1. The third-order valence-corrected chi connectivity index (χ3v) is 5.92. The van der Waals surface area contributed by atoms with E-state index in [0.717, 1.165) is 44.6 Å². The maximum absolute atomic E-state index is 12.3. The summed E-state index contributed by atoms with van der Waals surface area (Å²) in [7, 11) is 0. The van der Waals surface area contributed by atoms with E-state index in [-0.39, 0.29) is 11.9 Å². The van der Waals surface area contributed by atoms with Gasteiger partial charge in [0.15, 0.2) is 0 Å². The van der Waals surface area contributed by atoms with Crippen molar-refractivity contribution in [2.45, 2.75) is 70.4 Å². The maximum atomic E-state index is 12.3. The molecule has 2 aliphatic heterocycles. The molecule has 1 aromatic heterocycles. The Morgan fingerprint density at radius 1 is 1.15 bits per heavy atom. The van der Waals surface area contributed by atoms with E-state index in [4.69, 9.17) is 4.98 Å². The Hall–Kier alpha value is -1.89. The van der Waals surface area contributed by atoms with Gasteiger partial charge in [0.2, 0.25) is 0 Å². The minimum atomic E-state index is -0.777. The molecule has 3 heterocycles. The molecule has 0 aromatic carbocycles. The van der Waals surface area contributed by atoms with Crippen LogP contribution in [0.4, 0.5) is 4.79 Å². The van der Waals surface area contributed by atoms with Crippen molar-refractivity contribution in [3.05, 3.63) is 17.2 Å². The van der Waals surface area contributed by atoms with Crippen molar-refractivity contribution in [2.75, 3.05) is 19.6 Å². The van der Waals surface area contributed by atoms with Crippen molar-refractivity contribution in [1.82, 2.24) is 25.1 Å². The molecule has 4 rings (SSSR count). The number of carbonyl (C=O) groups is 2. The number of hydrogen-bond donors (Lipinski definition) is 2. The molecule has 142 valence electrons. The first-order valence-electron chi connectivity index (χ1n) is 9.91. The largest absolute Gasteiger partial charge is 0.344 e. The minimum absolute atomic E-state index is 0.126. The number of aromatic nitrogens is 2. The molecule has 1 unspecified atom stereocenters. The van der Waals surface area contributed by atoms with Gasteiger partial charge in [0.05, 0.1) is 11.7 Å². The number of likely N-dealkylation sites (tertiary alicyclic amines) is 1. The average molecular weight is 359 g/mol. The van der Waals surface area contributed by atoms with Gasteiger partial charge in [0.1, 0.15) is 11.4 Å². The first-order chi connectivity index (χ1) is 12.5. The molecule has 0 spiro atoms. The van der Waals surface area contributed by atoms with E-state index in [1.54, 1.807) is 13.8 Å². The Labute approximate surface area is 154 Å². The number of amides is 3. The summed E-state index contributed by atoms with van der Waals surface area (Å²) in [5, 5.41) is 2.74. The third kappa shape index (κ3) is 3.13. The quantitative estimate of drug-likeness (QED) is 0.789. The van der Waals surface area contributed by atoms with Gasteiger partial charge in [-0.25, -0.2) is 9.78 Å². The van der Waals surface area contributed by atoms with Crippen LogP contribution in [0.25, 0.3) is 0 Å². The van der Waals surface area contributed by atoms with Gasteiger partial charge < -0.3 is 10.3 Å². The second kappa shape index (κ2) is 6.68. The number of fused-ring (bicyclic) bond motifs is 1. The highest BCUT2D eigenvalue weighted by molar-refractivity contribution is 6.06. The fourth-order valence-corrected chi connectivity index (χ4v) is 4.49. The van der Waals surface area contributed by atoms with Crippen LogP contribution in [0, 0.1) is 0 Å². The topological polar surface area (TPSA) is 81.3 Å². The van der Waals surface area contributed by atoms with E-state index >= 15 is 0 Å². The van der Waals surface area contributed by atoms with Crippen LogP contribution in [0.5, 0.6) is 0 Å². The SMILES string of the molecule is CC1(C)NC(=O)N(CCCN2CCCC2c2nc3c([nH]2)CCCC3)C1=O. The van der Waals surface area contributed by atoms with Crippen LogP contribution in [0.1, 0.15) is 69.2 Å². The van der Waals surface area contributed by atoms with E-state index in [2.05, 4.69) is 15.2 Å². The molecule has 26 heavy (non-hydrogen) atoms. The van der Waals surface area contributed by atoms with E-state index in [1.807, 2.05) is 0 Å². The molecule has 1 aromatic rings. The standard InChI is InChI=1S/C19H29N5O2/c1-19(2)17(25)24(18(26)22-19)12-6-11-23-10-5-9-15(23)16-20-13-7-3-4-8-14(13)21-16/h15H,3-12H2,1-2H3,(H,20,21)(H,22,26). The number of carbonyl (C=O) groups excluding carboxylic acids is 2. The van der Waals surface area contributed by atoms with Crippen molar-refractivity contribution < 1.29 is 9.59 Å². The van der Waals surface area contributed by atoms with Crippen LogP contribution in [-0.4, -0.2) is 56.9 Å². The molecular weight excluding hydrogens is 330 g/mol. The second-order valence-electron chi connectivity index (χ2n) is 8.31. The summed E-state index contributed by atoms with van der Waals surface area (Å²) in [6.07, 6.45) is 7.82. The van der Waals surface area contributed by atoms with Gasteiger partial charge >= 0.3 is 6.03 Å². The number of rotatable bonds is 5. The lowest BCUT2D eigenvalue weighted by atomic mass is 10.0. The lowest BCUT2D eigenvalue weighted by Crippen LogP contribution is -2.40. The molecule has 2 saturated heterocycles. The number of urea groups is 1. The van der Waals surface area contributed by atoms with Crippen molar-refractivity contribution >= 4 is 11.9 Å². The highest BCUT2D eigenvalue weighted by Crippen LogP contribution is 2.32.